The summed E-state index contributed by atoms with van der Waals surface area (Å²) in [6, 6.07) is 19.7. The minimum Gasteiger partial charge on any atom is -0.381 e. The number of nitrogens with two attached hydrogens (primary N) is 2. The molecule has 1 aliphatic rings. The number of fused-ring (bicyclic) bond motifs is 2. The minimum absolute atomic E-state index is 0.0316. The number of hydrogen-bond acceptors (Lipinski definition) is 5. The van der Waals surface area contributed by atoms with Gasteiger partial charge in [0.25, 0.3) is 11.5 Å². The average molecular weight is 533 g/mol. The third kappa shape index (κ3) is 5.45. The number of aryl methyl sites for hydroxylation is 1. The number of carbonyl (C=O) groups excluding carboxylic acids is 1. The minimum atomic E-state index is -0.619. The van der Waals surface area contributed by atoms with Gasteiger partial charge in [0.05, 0.1) is 5.39 Å². The average Bonchev–Trinajstić information content (AvgIpc) is 3.33. The van der Waals surface area contributed by atoms with Crippen LogP contribution >= 0.6 is 0 Å². The maximum atomic E-state index is 13.5. The Bertz CT molecular complexity index is 1790. The molecule has 3 heterocycles. The van der Waals surface area contributed by atoms with Gasteiger partial charge in [0.2, 0.25) is 0 Å². The number of nitrogen functional groups attached to an aromatic ring is 1. The van der Waals surface area contributed by atoms with Crippen LogP contribution in [0.3, 0.4) is 0 Å². The maximum absolute atomic E-state index is 13.5. The number of carbonyl (C=O) groups is 1. The molecular formula is C32H32N6O2. The van der Waals surface area contributed by atoms with E-state index in [0.29, 0.717) is 11.6 Å². The molecule has 3 aromatic heterocycles. The van der Waals surface area contributed by atoms with Crippen LogP contribution in [0.4, 0.5) is 5.82 Å². The maximum Gasteiger partial charge on any atom is 0.264 e. The van der Waals surface area contributed by atoms with Crippen LogP contribution in [-0.2, 0) is 6.42 Å². The van der Waals surface area contributed by atoms with E-state index in [0.717, 1.165) is 34.1 Å². The van der Waals surface area contributed by atoms with Crippen molar-refractivity contribution in [3.63, 3.8) is 0 Å². The summed E-state index contributed by atoms with van der Waals surface area (Å²) >= 11 is 0. The second-order valence-corrected chi connectivity index (χ2v) is 9.85. The number of primary amides is 1. The van der Waals surface area contributed by atoms with Gasteiger partial charge in [-0.3, -0.25) is 14.2 Å². The van der Waals surface area contributed by atoms with Crippen LogP contribution < -0.4 is 17.0 Å². The summed E-state index contributed by atoms with van der Waals surface area (Å²) in [6.45, 7) is 2.09. The highest BCUT2D eigenvalue weighted by Crippen LogP contribution is 2.24. The summed E-state index contributed by atoms with van der Waals surface area (Å²) in [5, 5.41) is 5.59. The Morgan fingerprint density at radius 3 is 2.55 bits per heavy atom. The lowest BCUT2D eigenvalue weighted by Gasteiger charge is -2.16. The first-order valence-corrected chi connectivity index (χ1v) is 13.6. The fraction of sp³-hybridized carbons (Fsp3) is 0.250. The summed E-state index contributed by atoms with van der Waals surface area (Å²) in [5.41, 5.74) is 14.0. The van der Waals surface area contributed by atoms with E-state index in [9.17, 15) is 9.59 Å². The van der Waals surface area contributed by atoms with Gasteiger partial charge in [-0.25, -0.2) is 9.50 Å². The number of amides is 1. The van der Waals surface area contributed by atoms with E-state index < -0.39 is 5.91 Å². The highest BCUT2D eigenvalue weighted by molar-refractivity contribution is 6.03. The molecule has 0 radical (unpaired) electrons. The van der Waals surface area contributed by atoms with Crippen LogP contribution in [0.1, 0.15) is 60.6 Å². The number of rotatable bonds is 3. The fourth-order valence-electron chi connectivity index (χ4n) is 5.21. The van der Waals surface area contributed by atoms with Gasteiger partial charge in [-0.2, -0.15) is 0 Å². The first-order chi connectivity index (χ1) is 19.5. The van der Waals surface area contributed by atoms with Gasteiger partial charge in [-0.15, -0.1) is 5.10 Å². The zero-order chi connectivity index (χ0) is 28.1. The van der Waals surface area contributed by atoms with E-state index in [2.05, 4.69) is 34.9 Å². The van der Waals surface area contributed by atoms with Crippen LogP contribution in [0.2, 0.25) is 0 Å². The summed E-state index contributed by atoms with van der Waals surface area (Å²) in [5.74, 6) is 6.75. The van der Waals surface area contributed by atoms with Gasteiger partial charge in [0.15, 0.2) is 11.5 Å². The largest absolute Gasteiger partial charge is 0.381 e. The van der Waals surface area contributed by atoms with Crippen molar-refractivity contribution in [2.24, 2.45) is 11.7 Å². The van der Waals surface area contributed by atoms with Crippen molar-refractivity contribution in [1.82, 2.24) is 19.2 Å². The summed E-state index contributed by atoms with van der Waals surface area (Å²) in [4.78, 5) is 28.4. The summed E-state index contributed by atoms with van der Waals surface area (Å²) < 4.78 is 3.25. The first-order valence-electron chi connectivity index (χ1n) is 13.6. The molecule has 0 aliphatic heterocycles. The lowest BCUT2D eigenvalue weighted by molar-refractivity contribution is 0.100. The molecule has 0 saturated heterocycles. The van der Waals surface area contributed by atoms with Crippen molar-refractivity contribution in [1.29, 1.82) is 0 Å². The van der Waals surface area contributed by atoms with Crippen LogP contribution in [0.25, 0.3) is 22.1 Å². The molecule has 5 aromatic rings. The van der Waals surface area contributed by atoms with Gasteiger partial charge >= 0.3 is 0 Å². The van der Waals surface area contributed by atoms with Crippen LogP contribution in [0.5, 0.6) is 0 Å². The number of para-hydroxylation sites is 1. The lowest BCUT2D eigenvalue weighted by Crippen LogP contribution is -2.22. The third-order valence-electron chi connectivity index (χ3n) is 7.18. The van der Waals surface area contributed by atoms with Gasteiger partial charge in [-0.1, -0.05) is 68.4 Å². The van der Waals surface area contributed by atoms with Gasteiger partial charge < -0.3 is 11.5 Å². The van der Waals surface area contributed by atoms with E-state index in [1.807, 2.05) is 53.1 Å². The molecule has 2 aromatic carbocycles. The first kappa shape index (κ1) is 26.7. The standard InChI is InChI=1S/C25H25NO.C7H7N5O/c1-2-22-18-21-13-9-12-20(17-16-19-10-5-3-6-11-19)24(21)25(27)26(22)23-14-7-4-8-15-23;8-5-4(6(9)13)7-10-2-1-3-12(7)11-5/h4,7-9,12-15,18-19H,2-3,5-6,10-11H2,1H3;1-3H,(H2,8,11)(H2,9,13). The van der Waals surface area contributed by atoms with E-state index in [-0.39, 0.29) is 16.9 Å². The van der Waals surface area contributed by atoms with Crippen LogP contribution in [0.15, 0.2) is 77.9 Å². The lowest BCUT2D eigenvalue weighted by atomic mass is 9.89. The van der Waals surface area contributed by atoms with Crippen LogP contribution in [0, 0.1) is 17.8 Å². The number of benzene rings is 2. The second kappa shape index (κ2) is 11.9. The Morgan fingerprint density at radius 1 is 1.05 bits per heavy atom. The second-order valence-electron chi connectivity index (χ2n) is 9.85. The topological polar surface area (TPSA) is 121 Å². The van der Waals surface area contributed by atoms with E-state index >= 15 is 0 Å². The zero-order valence-electron chi connectivity index (χ0n) is 22.5. The normalized spacial score (nSPS) is 13.3. The van der Waals surface area contributed by atoms with Crippen molar-refractivity contribution in [3.05, 3.63) is 100 Å². The monoisotopic (exact) mass is 532 g/mol. The molecule has 1 saturated carbocycles. The molecule has 1 amide bonds. The molecule has 8 nitrogen and oxygen atoms in total. The number of hydrogen-bond donors (Lipinski definition) is 2. The van der Waals surface area contributed by atoms with Crippen LogP contribution in [-0.4, -0.2) is 25.1 Å². The number of nitrogens with zero attached hydrogens (tertiary/aromatic N) is 4. The molecule has 0 bridgehead atoms. The molecule has 1 aliphatic carbocycles. The Labute approximate surface area is 232 Å². The number of anilines is 1. The Balaban J connectivity index is 0.000000207. The summed E-state index contributed by atoms with van der Waals surface area (Å²) in [7, 11) is 0. The molecular weight excluding hydrogens is 500 g/mol. The van der Waals surface area contributed by atoms with E-state index in [4.69, 9.17) is 11.5 Å². The predicted molar refractivity (Wildman–Crippen MR) is 158 cm³/mol. The van der Waals surface area contributed by atoms with E-state index in [1.54, 1.807) is 18.5 Å². The van der Waals surface area contributed by atoms with Crippen molar-refractivity contribution in [3.8, 4) is 17.5 Å². The Kier molecular flexibility index (Phi) is 7.92. The number of pyridine rings is 1. The Hall–Kier alpha value is -4.90. The molecule has 0 unspecified atom stereocenters. The molecule has 40 heavy (non-hydrogen) atoms. The Morgan fingerprint density at radius 2 is 1.82 bits per heavy atom. The molecule has 8 heteroatoms. The van der Waals surface area contributed by atoms with Gasteiger partial charge in [-0.05, 0) is 55.0 Å². The van der Waals surface area contributed by atoms with Crippen molar-refractivity contribution < 1.29 is 4.79 Å². The highest BCUT2D eigenvalue weighted by Gasteiger charge is 2.16. The molecule has 4 N–H and O–H groups in total. The third-order valence-corrected chi connectivity index (χ3v) is 7.18. The number of aromatic nitrogens is 4. The molecule has 1 fully saturated rings. The van der Waals surface area contributed by atoms with Gasteiger partial charge in [0, 0.05) is 35.3 Å². The fourth-order valence-corrected chi connectivity index (χ4v) is 5.21. The zero-order valence-corrected chi connectivity index (χ0v) is 22.5. The smallest absolute Gasteiger partial charge is 0.264 e. The predicted octanol–water partition coefficient (Wildman–Crippen LogP) is 4.90. The molecule has 0 spiro atoms. The SMILES string of the molecule is CCc1cc2cccc(C#CC3CCCCC3)c2c(=O)n1-c1ccccc1.NC(=O)c1c(N)nn2cccnc12. The molecule has 6 rings (SSSR count). The van der Waals surface area contributed by atoms with Crippen molar-refractivity contribution >= 4 is 28.1 Å². The molecule has 0 atom stereocenters. The van der Waals surface area contributed by atoms with Gasteiger partial charge in [0.1, 0.15) is 5.56 Å². The van der Waals surface area contributed by atoms with E-state index in [1.165, 1.54) is 36.6 Å². The molecule has 202 valence electrons. The highest BCUT2D eigenvalue weighted by atomic mass is 16.1. The van der Waals surface area contributed by atoms with Crippen molar-refractivity contribution in [2.45, 2.75) is 45.4 Å². The van der Waals surface area contributed by atoms with Crippen molar-refractivity contribution in [2.75, 3.05) is 5.73 Å². The quantitative estimate of drug-likeness (QED) is 0.320. The summed E-state index contributed by atoms with van der Waals surface area (Å²) in [6.07, 6.45) is 10.2.